The summed E-state index contributed by atoms with van der Waals surface area (Å²) in [5.41, 5.74) is 3.02. The molecule has 0 saturated carbocycles. The number of anilines is 1. The van der Waals surface area contributed by atoms with Crippen molar-refractivity contribution in [1.29, 1.82) is 0 Å². The first-order chi connectivity index (χ1) is 13.0. The predicted molar refractivity (Wildman–Crippen MR) is 113 cm³/mol. The molecule has 2 aromatic carbocycles. The number of rotatable bonds is 7. The van der Waals surface area contributed by atoms with E-state index in [0.29, 0.717) is 6.54 Å². The summed E-state index contributed by atoms with van der Waals surface area (Å²) < 4.78 is 0. The van der Waals surface area contributed by atoms with Crippen molar-refractivity contribution >= 4 is 29.2 Å². The number of nitrogens with one attached hydrogen (secondary N) is 3. The fourth-order valence-electron chi connectivity index (χ4n) is 2.42. The molecule has 27 heavy (non-hydrogen) atoms. The van der Waals surface area contributed by atoms with E-state index in [9.17, 15) is 4.79 Å². The van der Waals surface area contributed by atoms with E-state index in [0.717, 1.165) is 40.8 Å². The van der Waals surface area contributed by atoms with Crippen molar-refractivity contribution in [3.8, 4) is 0 Å². The van der Waals surface area contributed by atoms with E-state index in [1.165, 1.54) is 0 Å². The van der Waals surface area contributed by atoms with Gasteiger partial charge in [0.15, 0.2) is 5.96 Å². The molecule has 0 unspecified atom stereocenters. The van der Waals surface area contributed by atoms with Gasteiger partial charge in [0.25, 0.3) is 0 Å². The highest BCUT2D eigenvalue weighted by Gasteiger charge is 2.07. The number of amides is 1. The lowest BCUT2D eigenvalue weighted by molar-refractivity contribution is -0.118. The van der Waals surface area contributed by atoms with Crippen LogP contribution in [0.15, 0.2) is 53.5 Å². The summed E-state index contributed by atoms with van der Waals surface area (Å²) in [4.78, 5) is 16.0. The highest BCUT2D eigenvalue weighted by Crippen LogP contribution is 2.14. The number of nitrogens with zero attached hydrogens (tertiary/aromatic N) is 1. The molecule has 0 aliphatic heterocycles. The molecule has 6 heteroatoms. The highest BCUT2D eigenvalue weighted by molar-refractivity contribution is 6.31. The van der Waals surface area contributed by atoms with Gasteiger partial charge in [0.1, 0.15) is 0 Å². The van der Waals surface area contributed by atoms with Crippen LogP contribution in [0.3, 0.4) is 0 Å². The second-order valence-electron chi connectivity index (χ2n) is 6.53. The van der Waals surface area contributed by atoms with Crippen molar-refractivity contribution < 1.29 is 4.79 Å². The third kappa shape index (κ3) is 6.94. The highest BCUT2D eigenvalue weighted by atomic mass is 35.5. The Hall–Kier alpha value is -2.53. The van der Waals surface area contributed by atoms with E-state index in [1.807, 2.05) is 62.4 Å². The third-order valence-electron chi connectivity index (χ3n) is 4.07. The fraction of sp³-hybridized carbons (Fsp3) is 0.333. The van der Waals surface area contributed by atoms with Crippen molar-refractivity contribution in [2.45, 2.75) is 26.8 Å². The molecular formula is C21H27ClN4O. The molecule has 0 aliphatic carbocycles. The topological polar surface area (TPSA) is 65.5 Å². The van der Waals surface area contributed by atoms with Crippen LogP contribution >= 0.6 is 11.6 Å². The molecule has 1 amide bonds. The van der Waals surface area contributed by atoms with Gasteiger partial charge in [-0.3, -0.25) is 9.79 Å². The molecule has 2 rings (SSSR count). The molecule has 2 aromatic rings. The first-order valence-electron chi connectivity index (χ1n) is 9.07. The quantitative estimate of drug-likeness (QED) is 0.500. The van der Waals surface area contributed by atoms with Crippen LogP contribution in [-0.4, -0.2) is 25.5 Å². The van der Waals surface area contributed by atoms with Gasteiger partial charge in [0.2, 0.25) is 5.91 Å². The summed E-state index contributed by atoms with van der Waals surface area (Å²) in [7, 11) is 1.75. The molecule has 0 fully saturated rings. The molecular weight excluding hydrogens is 360 g/mol. The first kappa shape index (κ1) is 20.8. The van der Waals surface area contributed by atoms with Crippen LogP contribution in [0, 0.1) is 5.92 Å². The molecule has 0 saturated heterocycles. The van der Waals surface area contributed by atoms with Crippen LogP contribution in [0.5, 0.6) is 0 Å². The van der Waals surface area contributed by atoms with Gasteiger partial charge < -0.3 is 16.0 Å². The van der Waals surface area contributed by atoms with Gasteiger partial charge >= 0.3 is 0 Å². The minimum atomic E-state index is -0.0356. The molecule has 0 atom stereocenters. The lowest BCUT2D eigenvalue weighted by Gasteiger charge is -2.13. The number of carbonyl (C=O) groups is 1. The Labute approximate surface area is 166 Å². The zero-order valence-corrected chi connectivity index (χ0v) is 16.8. The number of halogens is 1. The normalized spacial score (nSPS) is 11.4. The smallest absolute Gasteiger partial charge is 0.226 e. The molecule has 5 nitrogen and oxygen atoms in total. The maximum Gasteiger partial charge on any atom is 0.226 e. The number of carbonyl (C=O) groups excluding carboxylic acids is 1. The van der Waals surface area contributed by atoms with Crippen molar-refractivity contribution in [3.63, 3.8) is 0 Å². The van der Waals surface area contributed by atoms with Crippen LogP contribution in [0.2, 0.25) is 5.02 Å². The molecule has 0 aromatic heterocycles. The third-order valence-corrected chi connectivity index (χ3v) is 4.44. The first-order valence-corrected chi connectivity index (χ1v) is 9.45. The number of guanidine groups is 1. The average Bonchev–Trinajstić information content (AvgIpc) is 2.67. The Bertz CT molecular complexity index is 772. The van der Waals surface area contributed by atoms with E-state index in [1.54, 1.807) is 7.05 Å². The lowest BCUT2D eigenvalue weighted by Crippen LogP contribution is -2.37. The zero-order chi connectivity index (χ0) is 19.6. The second-order valence-corrected chi connectivity index (χ2v) is 6.94. The number of aliphatic imine (C=N–C) groups is 1. The minimum Gasteiger partial charge on any atom is -0.356 e. The van der Waals surface area contributed by atoms with Crippen molar-refractivity contribution in [1.82, 2.24) is 10.6 Å². The average molecular weight is 387 g/mol. The largest absolute Gasteiger partial charge is 0.356 e. The van der Waals surface area contributed by atoms with Gasteiger partial charge in [-0.25, -0.2) is 0 Å². The zero-order valence-electron chi connectivity index (χ0n) is 16.1. The summed E-state index contributed by atoms with van der Waals surface area (Å²) in [5, 5.41) is 10.2. The molecule has 0 radical (unpaired) electrons. The summed E-state index contributed by atoms with van der Waals surface area (Å²) in [6.07, 6.45) is 0.824. The van der Waals surface area contributed by atoms with Crippen molar-refractivity contribution in [2.75, 3.05) is 18.9 Å². The maximum atomic E-state index is 11.7. The molecule has 144 valence electrons. The Kier molecular flexibility index (Phi) is 8.14. The number of benzene rings is 2. The number of hydrogen-bond acceptors (Lipinski definition) is 2. The second kappa shape index (κ2) is 10.6. The van der Waals surface area contributed by atoms with Crippen LogP contribution in [0.25, 0.3) is 0 Å². The van der Waals surface area contributed by atoms with Gasteiger partial charge in [0, 0.05) is 36.8 Å². The van der Waals surface area contributed by atoms with Gasteiger partial charge in [-0.1, -0.05) is 55.8 Å². The van der Waals surface area contributed by atoms with Gasteiger partial charge in [-0.15, -0.1) is 0 Å². The summed E-state index contributed by atoms with van der Waals surface area (Å²) >= 11 is 6.18. The SMILES string of the molecule is CN=C(NCCc1ccccc1Cl)NCc1ccc(NC(=O)C(C)C)cc1. The van der Waals surface area contributed by atoms with Gasteiger partial charge in [0.05, 0.1) is 0 Å². The van der Waals surface area contributed by atoms with E-state index in [4.69, 9.17) is 11.6 Å². The molecule has 3 N–H and O–H groups in total. The Morgan fingerprint density at radius 1 is 1.07 bits per heavy atom. The summed E-state index contributed by atoms with van der Waals surface area (Å²) in [6, 6.07) is 15.6. The maximum absolute atomic E-state index is 11.7. The summed E-state index contributed by atoms with van der Waals surface area (Å²) in [6.45, 7) is 5.13. The predicted octanol–water partition coefficient (Wildman–Crippen LogP) is 3.84. The summed E-state index contributed by atoms with van der Waals surface area (Å²) in [5.74, 6) is 0.717. The Morgan fingerprint density at radius 3 is 2.41 bits per heavy atom. The molecule has 0 heterocycles. The van der Waals surface area contributed by atoms with E-state index in [2.05, 4.69) is 20.9 Å². The van der Waals surface area contributed by atoms with E-state index < -0.39 is 0 Å². The van der Waals surface area contributed by atoms with Gasteiger partial charge in [-0.2, -0.15) is 0 Å². The fourth-order valence-corrected chi connectivity index (χ4v) is 2.65. The molecule has 0 bridgehead atoms. The molecule has 0 aliphatic rings. The standard InChI is InChI=1S/C21H27ClN4O/c1-15(2)20(27)26-18-10-8-16(9-11-18)14-25-21(23-3)24-13-12-17-6-4-5-7-19(17)22/h4-11,15H,12-14H2,1-3H3,(H,26,27)(H2,23,24,25). The van der Waals surface area contributed by atoms with Crippen LogP contribution < -0.4 is 16.0 Å². The van der Waals surface area contributed by atoms with Crippen molar-refractivity contribution in [2.24, 2.45) is 10.9 Å². The minimum absolute atomic E-state index is 0.0176. The van der Waals surface area contributed by atoms with E-state index >= 15 is 0 Å². The van der Waals surface area contributed by atoms with Crippen LogP contribution in [0.1, 0.15) is 25.0 Å². The van der Waals surface area contributed by atoms with Crippen molar-refractivity contribution in [3.05, 3.63) is 64.7 Å². The van der Waals surface area contributed by atoms with Gasteiger partial charge in [-0.05, 0) is 35.7 Å². The van der Waals surface area contributed by atoms with E-state index in [-0.39, 0.29) is 11.8 Å². The van der Waals surface area contributed by atoms with Crippen LogP contribution in [0.4, 0.5) is 5.69 Å². The lowest BCUT2D eigenvalue weighted by atomic mass is 10.1. The van der Waals surface area contributed by atoms with Crippen LogP contribution in [-0.2, 0) is 17.8 Å². The number of hydrogen-bond donors (Lipinski definition) is 3. The Morgan fingerprint density at radius 2 is 1.78 bits per heavy atom. The molecule has 0 spiro atoms. The Balaban J connectivity index is 1.78. The monoisotopic (exact) mass is 386 g/mol.